The van der Waals surface area contributed by atoms with Crippen LogP contribution in [0.1, 0.15) is 68.6 Å². The topological polar surface area (TPSA) is 96.3 Å². The maximum atomic E-state index is 14.1. The Bertz CT molecular complexity index is 1930. The number of alkyl halides is 6. The van der Waals surface area contributed by atoms with Gasteiger partial charge in [-0.2, -0.15) is 26.3 Å². The Morgan fingerprint density at radius 3 is 2.15 bits per heavy atom. The van der Waals surface area contributed by atoms with Gasteiger partial charge < -0.3 is 15.5 Å². The van der Waals surface area contributed by atoms with E-state index in [-0.39, 0.29) is 41.6 Å². The average molecular weight is 692 g/mol. The number of nitrogens with one attached hydrogen (secondary N) is 2. The molecule has 1 aromatic heterocycles. The first-order valence-electron chi connectivity index (χ1n) is 14.6. The van der Waals surface area contributed by atoms with Crippen LogP contribution in [0.15, 0.2) is 71.5 Å². The Kier molecular flexibility index (Phi) is 9.33. The van der Waals surface area contributed by atoms with Crippen molar-refractivity contribution in [3.05, 3.63) is 121 Å². The van der Waals surface area contributed by atoms with Crippen LogP contribution in [0.2, 0.25) is 5.02 Å². The third-order valence-electron chi connectivity index (χ3n) is 8.09. The van der Waals surface area contributed by atoms with E-state index in [1.165, 1.54) is 59.0 Å². The molecule has 252 valence electrons. The summed E-state index contributed by atoms with van der Waals surface area (Å²) in [6.45, 7) is 3.10. The minimum absolute atomic E-state index is 0.00774. The summed E-state index contributed by atoms with van der Waals surface area (Å²) in [5, 5.41) is 5.04. The van der Waals surface area contributed by atoms with E-state index in [9.17, 15) is 40.7 Å². The van der Waals surface area contributed by atoms with Crippen molar-refractivity contribution < 1.29 is 35.9 Å². The summed E-state index contributed by atoms with van der Waals surface area (Å²) in [5.74, 6) is -1.08. The van der Waals surface area contributed by atoms with E-state index in [4.69, 9.17) is 11.6 Å². The Morgan fingerprint density at radius 1 is 0.938 bits per heavy atom. The van der Waals surface area contributed by atoms with Crippen LogP contribution in [0, 0.1) is 0 Å². The van der Waals surface area contributed by atoms with E-state index in [1.807, 2.05) is 0 Å². The molecule has 4 aromatic rings. The van der Waals surface area contributed by atoms with Crippen molar-refractivity contribution >= 4 is 29.4 Å². The van der Waals surface area contributed by atoms with Crippen LogP contribution in [0.5, 0.6) is 0 Å². The van der Waals surface area contributed by atoms with Crippen LogP contribution in [-0.2, 0) is 25.3 Å². The molecule has 0 bridgehead atoms. The van der Waals surface area contributed by atoms with E-state index in [2.05, 4.69) is 15.6 Å². The number of carbonyl (C=O) groups excluding carboxylic acids is 2. The maximum Gasteiger partial charge on any atom is 0.417 e. The van der Waals surface area contributed by atoms with Crippen LogP contribution < -0.4 is 16.2 Å². The Labute approximate surface area is 275 Å². The fourth-order valence-corrected chi connectivity index (χ4v) is 5.68. The zero-order chi connectivity index (χ0) is 35.1. The molecule has 8 nitrogen and oxygen atoms in total. The Balaban J connectivity index is 1.56. The second-order valence-corrected chi connectivity index (χ2v) is 11.7. The predicted octanol–water partition coefficient (Wildman–Crippen LogP) is 7.04. The lowest BCUT2D eigenvalue weighted by atomic mass is 9.98. The summed E-state index contributed by atoms with van der Waals surface area (Å²) in [6.07, 6.45) is -9.29. The number of fused-ring (bicyclic) bond motifs is 1. The second kappa shape index (κ2) is 13.0. The Morgan fingerprint density at radius 2 is 1.56 bits per heavy atom. The number of amides is 2. The number of anilines is 1. The summed E-state index contributed by atoms with van der Waals surface area (Å²) in [4.78, 5) is 45.7. The molecular weight excluding hydrogens is 664 g/mol. The normalized spacial score (nSPS) is 15.5. The molecule has 0 spiro atoms. The van der Waals surface area contributed by atoms with Gasteiger partial charge in [0, 0.05) is 29.8 Å². The molecule has 48 heavy (non-hydrogen) atoms. The standard InChI is InChI=1S/C33H28ClF6N5O3/c1-17-14-24-27(16-44(17)29(47)21-8-13-26(34)25(15-21)33(38,39)40)43-31(42-18(2)19-4-9-22(10-5-19)32(35,36)37)45(30(24)48)23-11-6-20(7-12-23)28(46)41-3/h4-13,15,17-18H,14,16H2,1-3H3,(H,41,46)(H,42,43)/t17-,18+/m1/s1. The number of hydrogen-bond acceptors (Lipinski definition) is 5. The summed E-state index contributed by atoms with van der Waals surface area (Å²) in [7, 11) is 1.47. The molecule has 3 aromatic carbocycles. The van der Waals surface area contributed by atoms with Crippen LogP contribution in [0.3, 0.4) is 0 Å². The fraction of sp³-hybridized carbons (Fsp3) is 0.273. The summed E-state index contributed by atoms with van der Waals surface area (Å²) >= 11 is 5.74. The summed E-state index contributed by atoms with van der Waals surface area (Å²) < 4.78 is 81.3. The molecule has 15 heteroatoms. The molecule has 0 saturated heterocycles. The number of rotatable bonds is 6. The monoisotopic (exact) mass is 691 g/mol. The largest absolute Gasteiger partial charge is 0.417 e. The molecular formula is C33H28ClF6N5O3. The molecule has 0 aliphatic carbocycles. The highest BCUT2D eigenvalue weighted by molar-refractivity contribution is 6.31. The molecule has 5 rings (SSSR count). The average Bonchev–Trinajstić information content (AvgIpc) is 3.04. The molecule has 0 saturated carbocycles. The van der Waals surface area contributed by atoms with E-state index in [0.29, 0.717) is 22.9 Å². The van der Waals surface area contributed by atoms with Gasteiger partial charge in [-0.15, -0.1) is 0 Å². The quantitative estimate of drug-likeness (QED) is 0.212. The minimum atomic E-state index is -4.79. The van der Waals surface area contributed by atoms with Crippen molar-refractivity contribution in [3.63, 3.8) is 0 Å². The molecule has 2 atom stereocenters. The maximum absolute atomic E-state index is 14.1. The molecule has 2 N–H and O–H groups in total. The van der Waals surface area contributed by atoms with Gasteiger partial charge in [-0.1, -0.05) is 23.7 Å². The lowest BCUT2D eigenvalue weighted by Gasteiger charge is -2.35. The first kappa shape index (κ1) is 34.5. The molecule has 2 heterocycles. The van der Waals surface area contributed by atoms with Crippen molar-refractivity contribution in [1.29, 1.82) is 0 Å². The van der Waals surface area contributed by atoms with Gasteiger partial charge in [0.25, 0.3) is 17.4 Å². The van der Waals surface area contributed by atoms with Crippen molar-refractivity contribution in [2.24, 2.45) is 0 Å². The third-order valence-corrected chi connectivity index (χ3v) is 8.42. The number of aromatic nitrogens is 2. The molecule has 1 aliphatic heterocycles. The summed E-state index contributed by atoms with van der Waals surface area (Å²) in [5.41, 5.74) is -1.18. The molecule has 0 radical (unpaired) electrons. The zero-order valence-electron chi connectivity index (χ0n) is 25.6. The fourth-order valence-electron chi connectivity index (χ4n) is 5.45. The van der Waals surface area contributed by atoms with Gasteiger partial charge in [0.05, 0.1) is 40.1 Å². The van der Waals surface area contributed by atoms with Crippen LogP contribution >= 0.6 is 11.6 Å². The number of hydrogen-bond donors (Lipinski definition) is 2. The van der Waals surface area contributed by atoms with Gasteiger partial charge >= 0.3 is 12.4 Å². The van der Waals surface area contributed by atoms with E-state index in [1.54, 1.807) is 13.8 Å². The van der Waals surface area contributed by atoms with Crippen molar-refractivity contribution in [3.8, 4) is 5.69 Å². The molecule has 0 unspecified atom stereocenters. The first-order valence-corrected chi connectivity index (χ1v) is 15.0. The van der Waals surface area contributed by atoms with Gasteiger partial charge in [0.1, 0.15) is 0 Å². The van der Waals surface area contributed by atoms with E-state index in [0.717, 1.165) is 18.2 Å². The van der Waals surface area contributed by atoms with Gasteiger partial charge in [0.15, 0.2) is 0 Å². The minimum Gasteiger partial charge on any atom is -0.355 e. The van der Waals surface area contributed by atoms with E-state index < -0.39 is 52.1 Å². The van der Waals surface area contributed by atoms with Crippen molar-refractivity contribution in [2.45, 2.75) is 51.2 Å². The smallest absolute Gasteiger partial charge is 0.355 e. The second-order valence-electron chi connectivity index (χ2n) is 11.3. The van der Waals surface area contributed by atoms with Gasteiger partial charge in [-0.3, -0.25) is 14.4 Å². The van der Waals surface area contributed by atoms with Gasteiger partial charge in [-0.05, 0) is 80.4 Å². The van der Waals surface area contributed by atoms with Crippen LogP contribution in [0.25, 0.3) is 5.69 Å². The zero-order valence-corrected chi connectivity index (χ0v) is 26.4. The van der Waals surface area contributed by atoms with Crippen LogP contribution in [-0.4, -0.2) is 39.4 Å². The highest BCUT2D eigenvalue weighted by atomic mass is 35.5. The van der Waals surface area contributed by atoms with Crippen molar-refractivity contribution in [1.82, 2.24) is 19.8 Å². The Hall–Kier alpha value is -4.85. The number of carbonyl (C=O) groups is 2. The van der Waals surface area contributed by atoms with Crippen molar-refractivity contribution in [2.75, 3.05) is 12.4 Å². The first-order chi connectivity index (χ1) is 22.5. The molecule has 2 amide bonds. The highest BCUT2D eigenvalue weighted by Gasteiger charge is 2.36. The van der Waals surface area contributed by atoms with Gasteiger partial charge in [-0.25, -0.2) is 9.55 Å². The van der Waals surface area contributed by atoms with E-state index >= 15 is 0 Å². The number of halogens is 7. The lowest BCUT2D eigenvalue weighted by Crippen LogP contribution is -2.46. The SMILES string of the molecule is CNC(=O)c1ccc(-n2c(N[C@@H](C)c3ccc(C(F)(F)F)cc3)nc3c(c2=O)C[C@@H](C)N(C(=O)c2ccc(Cl)c(C(F)(F)F)c2)C3)cc1. The van der Waals surface area contributed by atoms with Gasteiger partial charge in [0.2, 0.25) is 5.95 Å². The van der Waals surface area contributed by atoms with Crippen LogP contribution in [0.4, 0.5) is 32.3 Å². The molecule has 0 fully saturated rings. The third kappa shape index (κ3) is 6.89. The summed E-state index contributed by atoms with van der Waals surface area (Å²) in [6, 6.07) is 12.1. The molecule has 1 aliphatic rings. The number of benzene rings is 3. The highest BCUT2D eigenvalue weighted by Crippen LogP contribution is 2.36. The number of nitrogens with zero attached hydrogens (tertiary/aromatic N) is 3. The lowest BCUT2D eigenvalue weighted by molar-refractivity contribution is -0.138. The predicted molar refractivity (Wildman–Crippen MR) is 166 cm³/mol.